The van der Waals surface area contributed by atoms with Crippen LogP contribution in [0.1, 0.15) is 54.3 Å². The predicted octanol–water partition coefficient (Wildman–Crippen LogP) is 2.27. The molecule has 0 fully saturated rings. The molecule has 0 aliphatic carbocycles. The van der Waals surface area contributed by atoms with Crippen molar-refractivity contribution < 1.29 is 33.4 Å². The van der Waals surface area contributed by atoms with Crippen LogP contribution in [0, 0.1) is 0 Å². The van der Waals surface area contributed by atoms with E-state index in [1.54, 1.807) is 0 Å². The normalized spacial score (nSPS) is 9.87. The molecule has 0 atom stereocenters. The van der Waals surface area contributed by atoms with Crippen LogP contribution in [0.4, 0.5) is 0 Å². The van der Waals surface area contributed by atoms with Crippen LogP contribution < -0.4 is 4.74 Å². The molecule has 0 N–H and O–H groups in total. The van der Waals surface area contributed by atoms with Crippen molar-refractivity contribution in [2.24, 2.45) is 0 Å². The van der Waals surface area contributed by atoms with Gasteiger partial charge in [-0.25, -0.2) is 9.59 Å². The summed E-state index contributed by atoms with van der Waals surface area (Å²) in [6, 6.07) is 3.84. The van der Waals surface area contributed by atoms with Crippen molar-refractivity contribution in [2.45, 2.75) is 33.6 Å². The van der Waals surface area contributed by atoms with Crippen LogP contribution in [0.15, 0.2) is 18.2 Å². The highest BCUT2D eigenvalue weighted by Gasteiger charge is 2.19. The molecule has 23 heavy (non-hydrogen) atoms. The fraction of sp³-hybridized carbons (Fsp3) is 0.375. The van der Waals surface area contributed by atoms with Crippen LogP contribution in [0.2, 0.25) is 0 Å². The molecule has 0 heterocycles. The largest absolute Gasteiger partial charge is 0.493 e. The maximum atomic E-state index is 11.9. The third kappa shape index (κ3) is 5.90. The first kappa shape index (κ1) is 18.3. The molecule has 0 aliphatic heterocycles. The second kappa shape index (κ2) is 8.67. The molecular weight excluding hydrogens is 304 g/mol. The number of esters is 4. The second-order valence-corrected chi connectivity index (χ2v) is 4.68. The minimum atomic E-state index is -0.879. The van der Waals surface area contributed by atoms with E-state index in [2.05, 4.69) is 9.47 Å². The summed E-state index contributed by atoms with van der Waals surface area (Å²) in [6.45, 7) is 4.50. The van der Waals surface area contributed by atoms with Crippen molar-refractivity contribution in [3.8, 4) is 5.75 Å². The molecule has 7 heteroatoms. The highest BCUT2D eigenvalue weighted by molar-refractivity contribution is 6.01. The minimum absolute atomic E-state index is 0.00989. The number of hydrogen-bond donors (Lipinski definition) is 0. The third-order valence-corrected chi connectivity index (χ3v) is 2.67. The standard InChI is InChI=1S/C16H18O7/c1-4-5-8-21-14-9-12(15(19)22-10(2)17)6-7-13(14)16(20)23-11(3)18/h6-7,9H,4-5,8H2,1-3H3. The Balaban J connectivity index is 3.09. The van der Waals surface area contributed by atoms with Gasteiger partial charge in [0.2, 0.25) is 0 Å². The van der Waals surface area contributed by atoms with Crippen LogP contribution in [-0.4, -0.2) is 30.5 Å². The summed E-state index contributed by atoms with van der Waals surface area (Å²) in [5.41, 5.74) is 0.0572. The summed E-state index contributed by atoms with van der Waals surface area (Å²) in [7, 11) is 0. The number of hydrogen-bond acceptors (Lipinski definition) is 7. The summed E-state index contributed by atoms with van der Waals surface area (Å²) in [5, 5.41) is 0. The Morgan fingerprint density at radius 3 is 2.13 bits per heavy atom. The number of benzene rings is 1. The van der Waals surface area contributed by atoms with E-state index in [0.29, 0.717) is 6.61 Å². The molecule has 0 bridgehead atoms. The average molecular weight is 322 g/mol. The molecule has 0 radical (unpaired) electrons. The van der Waals surface area contributed by atoms with Crippen LogP contribution in [-0.2, 0) is 19.1 Å². The SMILES string of the molecule is CCCCOc1cc(C(=O)OC(C)=O)ccc1C(=O)OC(C)=O. The average Bonchev–Trinajstić information content (AvgIpc) is 2.45. The van der Waals surface area contributed by atoms with Crippen LogP contribution in [0.5, 0.6) is 5.75 Å². The third-order valence-electron chi connectivity index (χ3n) is 2.67. The molecule has 7 nitrogen and oxygen atoms in total. The fourth-order valence-electron chi connectivity index (χ4n) is 1.64. The first-order valence-electron chi connectivity index (χ1n) is 7.07. The Labute approximate surface area is 133 Å². The van der Waals surface area contributed by atoms with Gasteiger partial charge < -0.3 is 14.2 Å². The van der Waals surface area contributed by atoms with Gasteiger partial charge in [0.25, 0.3) is 0 Å². The van der Waals surface area contributed by atoms with Gasteiger partial charge in [0.15, 0.2) is 0 Å². The molecule has 1 aromatic carbocycles. The molecule has 0 unspecified atom stereocenters. The highest BCUT2D eigenvalue weighted by Crippen LogP contribution is 2.23. The van der Waals surface area contributed by atoms with Crippen molar-refractivity contribution in [2.75, 3.05) is 6.61 Å². The molecule has 0 saturated heterocycles. The minimum Gasteiger partial charge on any atom is -0.493 e. The molecule has 1 aromatic rings. The van der Waals surface area contributed by atoms with Crippen molar-refractivity contribution in [1.29, 1.82) is 0 Å². The van der Waals surface area contributed by atoms with Crippen LogP contribution >= 0.6 is 0 Å². The Bertz CT molecular complexity index is 619. The van der Waals surface area contributed by atoms with E-state index in [0.717, 1.165) is 26.7 Å². The van der Waals surface area contributed by atoms with Crippen molar-refractivity contribution in [3.63, 3.8) is 0 Å². The smallest absolute Gasteiger partial charge is 0.349 e. The van der Waals surface area contributed by atoms with Gasteiger partial charge in [-0.05, 0) is 24.6 Å². The summed E-state index contributed by atoms with van der Waals surface area (Å²) in [6.07, 6.45) is 1.61. The number of carbonyl (C=O) groups excluding carboxylic acids is 4. The van der Waals surface area contributed by atoms with E-state index in [9.17, 15) is 19.2 Å². The Morgan fingerprint density at radius 1 is 0.957 bits per heavy atom. The van der Waals surface area contributed by atoms with E-state index in [-0.39, 0.29) is 16.9 Å². The summed E-state index contributed by atoms with van der Waals surface area (Å²) < 4.78 is 14.5. The zero-order valence-corrected chi connectivity index (χ0v) is 13.2. The number of carbonyl (C=O) groups is 4. The molecule has 124 valence electrons. The maximum absolute atomic E-state index is 11.9. The molecule has 0 amide bonds. The fourth-order valence-corrected chi connectivity index (χ4v) is 1.64. The lowest BCUT2D eigenvalue weighted by Gasteiger charge is -2.11. The first-order valence-corrected chi connectivity index (χ1v) is 7.07. The summed E-state index contributed by atoms with van der Waals surface area (Å²) >= 11 is 0. The lowest BCUT2D eigenvalue weighted by atomic mass is 10.1. The summed E-state index contributed by atoms with van der Waals surface area (Å²) in [5.74, 6) is -3.15. The van der Waals surface area contributed by atoms with Gasteiger partial charge in [-0.15, -0.1) is 0 Å². The van der Waals surface area contributed by atoms with Gasteiger partial charge in [-0.3, -0.25) is 9.59 Å². The number of ether oxygens (including phenoxy) is 3. The van der Waals surface area contributed by atoms with Gasteiger partial charge >= 0.3 is 23.9 Å². The Morgan fingerprint density at radius 2 is 1.57 bits per heavy atom. The van der Waals surface area contributed by atoms with Gasteiger partial charge in [-0.1, -0.05) is 13.3 Å². The maximum Gasteiger partial charge on any atom is 0.349 e. The first-order chi connectivity index (χ1) is 10.8. The number of unbranched alkanes of at least 4 members (excludes halogenated alkanes) is 1. The van der Waals surface area contributed by atoms with Crippen molar-refractivity contribution >= 4 is 23.9 Å². The van der Waals surface area contributed by atoms with Crippen molar-refractivity contribution in [3.05, 3.63) is 29.3 Å². The second-order valence-electron chi connectivity index (χ2n) is 4.68. The monoisotopic (exact) mass is 322 g/mol. The van der Waals surface area contributed by atoms with E-state index < -0.39 is 23.9 Å². The van der Waals surface area contributed by atoms with E-state index >= 15 is 0 Å². The molecule has 1 rings (SSSR count). The Kier molecular flexibility index (Phi) is 6.92. The van der Waals surface area contributed by atoms with Gasteiger partial charge in [-0.2, -0.15) is 0 Å². The van der Waals surface area contributed by atoms with Gasteiger partial charge in [0.05, 0.1) is 12.2 Å². The quantitative estimate of drug-likeness (QED) is 0.450. The molecule has 0 aliphatic rings. The molecule has 0 spiro atoms. The van der Waals surface area contributed by atoms with E-state index in [1.807, 2.05) is 6.92 Å². The lowest BCUT2D eigenvalue weighted by Crippen LogP contribution is -2.14. The predicted molar refractivity (Wildman–Crippen MR) is 79.0 cm³/mol. The topological polar surface area (TPSA) is 96.0 Å². The highest BCUT2D eigenvalue weighted by atomic mass is 16.6. The van der Waals surface area contributed by atoms with E-state index in [1.165, 1.54) is 18.2 Å². The molecular formula is C16H18O7. The summed E-state index contributed by atoms with van der Waals surface area (Å²) in [4.78, 5) is 45.3. The molecule has 0 saturated carbocycles. The lowest BCUT2D eigenvalue weighted by molar-refractivity contribution is -0.136. The van der Waals surface area contributed by atoms with E-state index in [4.69, 9.17) is 4.74 Å². The zero-order chi connectivity index (χ0) is 17.4. The van der Waals surface area contributed by atoms with Gasteiger partial charge in [0, 0.05) is 13.8 Å². The van der Waals surface area contributed by atoms with Crippen LogP contribution in [0.25, 0.3) is 0 Å². The number of rotatable bonds is 6. The molecule has 0 aromatic heterocycles. The zero-order valence-electron chi connectivity index (χ0n) is 13.2. The van der Waals surface area contributed by atoms with Gasteiger partial charge in [0.1, 0.15) is 11.3 Å². The van der Waals surface area contributed by atoms with Crippen LogP contribution in [0.3, 0.4) is 0 Å². The van der Waals surface area contributed by atoms with Crippen molar-refractivity contribution in [1.82, 2.24) is 0 Å². The Hall–Kier alpha value is -2.70.